The van der Waals surface area contributed by atoms with Gasteiger partial charge in [0.05, 0.1) is 0 Å². The van der Waals surface area contributed by atoms with E-state index in [0.29, 0.717) is 21.6 Å². The molecular weight excluding hydrogens is 661 g/mol. The molecule has 5 nitrogen and oxygen atoms in total. The van der Waals surface area contributed by atoms with E-state index in [4.69, 9.17) is 4.42 Å². The second-order valence-electron chi connectivity index (χ2n) is 13.2. The van der Waals surface area contributed by atoms with Crippen LogP contribution in [0.1, 0.15) is 0 Å². The smallest absolute Gasteiger partial charge is 0.400 e. The van der Waals surface area contributed by atoms with Crippen LogP contribution in [0.4, 0.5) is 5.88 Å². The quantitative estimate of drug-likeness (QED) is 0.0780. The Hall–Kier alpha value is -6.55. The molecule has 52 heavy (non-hydrogen) atoms. The third kappa shape index (κ3) is 4.46. The highest BCUT2D eigenvalue weighted by atomic mass is 31.2. The molecule has 0 saturated carbocycles. The average molecular weight is 690 g/mol. The Morgan fingerprint density at radius 3 is 1.69 bits per heavy atom. The lowest BCUT2D eigenvalue weighted by molar-refractivity contribution is -0.400. The van der Waals surface area contributed by atoms with Crippen LogP contribution in [0.25, 0.3) is 76.0 Å². The Balaban J connectivity index is 1.45. The first-order valence-electron chi connectivity index (χ1n) is 17.1. The zero-order valence-corrected chi connectivity index (χ0v) is 28.6. The molecule has 9 aromatic carbocycles. The van der Waals surface area contributed by atoms with Gasteiger partial charge in [-0.2, -0.15) is 0 Å². The maximum atomic E-state index is 16.7. The monoisotopic (exact) mass is 689 g/mol. The molecule has 1 heterocycles. The van der Waals surface area contributed by atoms with Crippen molar-refractivity contribution >= 4 is 93.8 Å². The fourth-order valence-corrected chi connectivity index (χ4v) is 11.0. The minimum atomic E-state index is -4.04. The van der Waals surface area contributed by atoms with E-state index in [0.717, 1.165) is 65.0 Å². The normalized spacial score (nSPS) is 12.1. The molecule has 0 N–H and O–H groups in total. The molecule has 0 aliphatic rings. The van der Waals surface area contributed by atoms with Gasteiger partial charge in [-0.15, -0.1) is 0 Å². The average Bonchev–Trinajstić information content (AvgIpc) is 3.61. The van der Waals surface area contributed by atoms with Crippen molar-refractivity contribution in [3.05, 3.63) is 180 Å². The Kier molecular flexibility index (Phi) is 6.69. The summed E-state index contributed by atoms with van der Waals surface area (Å²) in [6, 6.07) is 55.7. The summed E-state index contributed by atoms with van der Waals surface area (Å²) in [7, 11) is -4.04. The molecule has 0 radical (unpaired) electrons. The van der Waals surface area contributed by atoms with Gasteiger partial charge in [0.1, 0.15) is 15.8 Å². The second kappa shape index (κ2) is 11.5. The van der Waals surface area contributed by atoms with E-state index < -0.39 is 17.9 Å². The van der Waals surface area contributed by atoms with Crippen molar-refractivity contribution in [3.63, 3.8) is 0 Å². The first-order chi connectivity index (χ1) is 25.5. The molecule has 0 aliphatic carbocycles. The van der Waals surface area contributed by atoms with Crippen LogP contribution in [0.15, 0.2) is 174 Å². The van der Waals surface area contributed by atoms with Crippen molar-refractivity contribution in [2.24, 2.45) is 0 Å². The van der Waals surface area contributed by atoms with Crippen molar-refractivity contribution in [3.8, 4) is 11.1 Å². The summed E-state index contributed by atoms with van der Waals surface area (Å²) < 4.78 is 23.0. The lowest BCUT2D eigenvalue weighted by Gasteiger charge is -2.20. The lowest BCUT2D eigenvalue weighted by atomic mass is 9.89. The highest BCUT2D eigenvalue weighted by Gasteiger charge is 2.43. The predicted molar refractivity (Wildman–Crippen MR) is 215 cm³/mol. The van der Waals surface area contributed by atoms with Crippen LogP contribution in [-0.4, -0.2) is 4.92 Å². The number of nitro groups is 1. The third-order valence-corrected chi connectivity index (χ3v) is 13.4. The summed E-state index contributed by atoms with van der Waals surface area (Å²) in [5, 5.41) is 24.2. The molecular formula is C46H28NO4P. The van der Waals surface area contributed by atoms with Crippen LogP contribution in [0.2, 0.25) is 0 Å². The molecule has 246 valence electrons. The topological polar surface area (TPSA) is 73.3 Å². The zero-order valence-electron chi connectivity index (χ0n) is 27.7. The van der Waals surface area contributed by atoms with Gasteiger partial charge in [-0.1, -0.05) is 140 Å². The van der Waals surface area contributed by atoms with E-state index in [1.807, 2.05) is 121 Å². The van der Waals surface area contributed by atoms with Crippen molar-refractivity contribution in [1.29, 1.82) is 0 Å². The van der Waals surface area contributed by atoms with Gasteiger partial charge in [0, 0.05) is 21.4 Å². The molecule has 0 aliphatic heterocycles. The molecule has 0 bridgehead atoms. The van der Waals surface area contributed by atoms with Crippen molar-refractivity contribution in [1.82, 2.24) is 0 Å². The van der Waals surface area contributed by atoms with E-state index in [2.05, 4.69) is 42.5 Å². The van der Waals surface area contributed by atoms with Crippen molar-refractivity contribution in [2.45, 2.75) is 0 Å². The van der Waals surface area contributed by atoms with Gasteiger partial charge in [-0.05, 0) is 89.9 Å². The second-order valence-corrected chi connectivity index (χ2v) is 15.9. The molecule has 1 aromatic heterocycles. The standard InChI is InChI=1S/C46H28NO4P/c48-47(49)46-45(52(50,36-22-20-29-10-4-6-15-33(29)26-36)37-23-21-30-11-5-7-16-34(30)27-37)44-41(51-46)25-24-39-40(31-12-2-1-3-13-31)28-35-19-18-32-14-8-9-17-38(32)42(35)43(39)44/h1-28H. The van der Waals surface area contributed by atoms with Gasteiger partial charge in [0.15, 0.2) is 7.14 Å². The van der Waals surface area contributed by atoms with Crippen LogP contribution in [-0.2, 0) is 4.57 Å². The maximum absolute atomic E-state index is 16.7. The van der Waals surface area contributed by atoms with Gasteiger partial charge >= 0.3 is 5.88 Å². The Morgan fingerprint density at radius 2 is 1.04 bits per heavy atom. The maximum Gasteiger partial charge on any atom is 0.445 e. The van der Waals surface area contributed by atoms with Crippen molar-refractivity contribution < 1.29 is 13.9 Å². The lowest BCUT2D eigenvalue weighted by Crippen LogP contribution is -2.26. The van der Waals surface area contributed by atoms with Crippen LogP contribution >= 0.6 is 7.14 Å². The summed E-state index contributed by atoms with van der Waals surface area (Å²) in [5.74, 6) is -0.509. The number of hydrogen-bond acceptors (Lipinski definition) is 4. The molecule has 10 aromatic rings. The van der Waals surface area contributed by atoms with Crippen molar-refractivity contribution in [2.75, 3.05) is 0 Å². The first-order valence-corrected chi connectivity index (χ1v) is 18.8. The van der Waals surface area contributed by atoms with Gasteiger partial charge in [-0.25, -0.2) is 0 Å². The number of fused-ring (bicyclic) bond motifs is 9. The highest BCUT2D eigenvalue weighted by Crippen LogP contribution is 2.52. The largest absolute Gasteiger partial charge is 0.445 e. The van der Waals surface area contributed by atoms with Gasteiger partial charge in [0.25, 0.3) is 0 Å². The van der Waals surface area contributed by atoms with E-state index in [-0.39, 0.29) is 5.30 Å². The number of hydrogen-bond donors (Lipinski definition) is 0. The number of benzene rings is 9. The molecule has 0 fully saturated rings. The van der Waals surface area contributed by atoms with E-state index in [1.165, 1.54) is 0 Å². The van der Waals surface area contributed by atoms with Crippen LogP contribution in [0, 0.1) is 10.1 Å². The Morgan fingerprint density at radius 1 is 0.481 bits per heavy atom. The first kappa shape index (κ1) is 30.3. The SMILES string of the molecule is O=[N+]([O-])c1oc2ccc3c(-c4ccccc4)cc4ccc5ccccc5c4c3c2c1P(=O)(c1ccc2ccccc2c1)c1ccc2ccccc2c1. The molecule has 6 heteroatoms. The summed E-state index contributed by atoms with van der Waals surface area (Å²) in [4.78, 5) is 12.7. The van der Waals surface area contributed by atoms with Crippen LogP contribution < -0.4 is 15.9 Å². The fraction of sp³-hybridized carbons (Fsp3) is 0. The van der Waals surface area contributed by atoms with Gasteiger partial charge in [-0.3, -0.25) is 10.1 Å². The van der Waals surface area contributed by atoms with Crippen LogP contribution in [0.3, 0.4) is 0 Å². The molecule has 10 rings (SSSR count). The molecule has 0 spiro atoms. The molecule has 0 unspecified atom stereocenters. The zero-order chi connectivity index (χ0) is 35.0. The van der Waals surface area contributed by atoms with Crippen LogP contribution in [0.5, 0.6) is 0 Å². The molecule has 0 amide bonds. The van der Waals surface area contributed by atoms with E-state index in [1.54, 1.807) is 6.07 Å². The third-order valence-electron chi connectivity index (χ3n) is 10.4. The number of furan rings is 1. The predicted octanol–water partition coefficient (Wildman–Crippen LogP) is 11.4. The van der Waals surface area contributed by atoms with E-state index in [9.17, 15) is 10.1 Å². The summed E-state index contributed by atoms with van der Waals surface area (Å²) in [6.45, 7) is 0. The summed E-state index contributed by atoms with van der Waals surface area (Å²) in [6.07, 6.45) is 0. The Bertz CT molecular complexity index is 3060. The van der Waals surface area contributed by atoms with E-state index >= 15 is 4.57 Å². The Labute approximate surface area is 297 Å². The highest BCUT2D eigenvalue weighted by molar-refractivity contribution is 7.86. The minimum absolute atomic E-state index is 0.100. The number of rotatable bonds is 5. The fourth-order valence-electron chi connectivity index (χ4n) is 7.99. The van der Waals surface area contributed by atoms with Gasteiger partial charge < -0.3 is 8.98 Å². The van der Waals surface area contributed by atoms with Gasteiger partial charge in [0.2, 0.25) is 0 Å². The summed E-state index contributed by atoms with van der Waals surface area (Å²) in [5.41, 5.74) is 2.30. The summed E-state index contributed by atoms with van der Waals surface area (Å²) >= 11 is 0. The molecule has 0 saturated heterocycles. The molecule has 0 atom stereocenters. The minimum Gasteiger partial charge on any atom is -0.400 e. The number of nitrogens with zero attached hydrogens (tertiary/aromatic N) is 1.